The van der Waals surface area contributed by atoms with Crippen LogP contribution in [0.25, 0.3) is 11.1 Å². The third-order valence-corrected chi connectivity index (χ3v) is 3.97. The Hall–Kier alpha value is -1.91. The zero-order chi connectivity index (χ0) is 15.2. The van der Waals surface area contributed by atoms with Crippen molar-refractivity contribution in [3.63, 3.8) is 0 Å². The van der Waals surface area contributed by atoms with Gasteiger partial charge in [-0.05, 0) is 43.0 Å². The number of nitrogens with zero attached hydrogens (tertiary/aromatic N) is 1. The number of rotatable bonds is 7. The molecule has 1 fully saturated rings. The summed E-state index contributed by atoms with van der Waals surface area (Å²) in [4.78, 5) is 4.29. The summed E-state index contributed by atoms with van der Waals surface area (Å²) in [7, 11) is 0. The molecule has 2 aromatic rings. The van der Waals surface area contributed by atoms with Crippen molar-refractivity contribution in [1.82, 2.24) is 10.3 Å². The molecule has 1 aliphatic rings. The molecule has 1 aromatic carbocycles. The first-order valence-electron chi connectivity index (χ1n) is 7.86. The Labute approximate surface area is 131 Å². The van der Waals surface area contributed by atoms with Crippen LogP contribution in [0.1, 0.15) is 18.4 Å². The van der Waals surface area contributed by atoms with Gasteiger partial charge in [-0.1, -0.05) is 24.3 Å². The zero-order valence-corrected chi connectivity index (χ0v) is 12.7. The van der Waals surface area contributed by atoms with Crippen molar-refractivity contribution in [2.24, 2.45) is 0 Å². The Morgan fingerprint density at radius 2 is 2.14 bits per heavy atom. The minimum Gasteiger partial charge on any atom is -0.490 e. The van der Waals surface area contributed by atoms with Gasteiger partial charge in [0.05, 0.1) is 6.20 Å². The van der Waals surface area contributed by atoms with Gasteiger partial charge >= 0.3 is 0 Å². The lowest BCUT2D eigenvalue weighted by Gasteiger charge is -2.27. The molecule has 1 saturated heterocycles. The van der Waals surface area contributed by atoms with Crippen LogP contribution in [0.15, 0.2) is 42.7 Å². The average molecular weight is 298 g/mol. The van der Waals surface area contributed by atoms with Crippen LogP contribution in [-0.2, 0) is 6.42 Å². The summed E-state index contributed by atoms with van der Waals surface area (Å²) in [6, 6.07) is 10.9. The molecule has 2 N–H and O–H groups in total. The number of aromatic nitrogens is 1. The predicted molar refractivity (Wildman–Crippen MR) is 87.0 cm³/mol. The van der Waals surface area contributed by atoms with Crippen molar-refractivity contribution in [3.8, 4) is 16.9 Å². The Bertz CT molecular complexity index is 612. The second kappa shape index (κ2) is 7.38. The van der Waals surface area contributed by atoms with E-state index in [-0.39, 0.29) is 6.61 Å². The van der Waals surface area contributed by atoms with E-state index < -0.39 is 0 Å². The number of pyridine rings is 1. The summed E-state index contributed by atoms with van der Waals surface area (Å²) in [5.74, 6) is 0.812. The van der Waals surface area contributed by atoms with E-state index in [1.165, 1.54) is 12.0 Å². The van der Waals surface area contributed by atoms with E-state index in [1.54, 1.807) is 6.20 Å². The van der Waals surface area contributed by atoms with E-state index in [9.17, 15) is 0 Å². The maximum absolute atomic E-state index is 8.95. The molecule has 0 aliphatic carbocycles. The van der Waals surface area contributed by atoms with Crippen LogP contribution in [0.2, 0.25) is 0 Å². The van der Waals surface area contributed by atoms with Crippen molar-refractivity contribution >= 4 is 0 Å². The van der Waals surface area contributed by atoms with E-state index in [2.05, 4.69) is 28.5 Å². The van der Waals surface area contributed by atoms with Gasteiger partial charge in [0.1, 0.15) is 12.4 Å². The minimum atomic E-state index is 0.226. The molecular weight excluding hydrogens is 276 g/mol. The van der Waals surface area contributed by atoms with E-state index >= 15 is 0 Å². The summed E-state index contributed by atoms with van der Waals surface area (Å²) in [6.07, 6.45) is 6.48. The first-order chi connectivity index (χ1) is 10.8. The SMILES string of the molecule is OCCCc1cccc(-c2cncc(OCC3CCN3)c2)c1. The highest BCUT2D eigenvalue weighted by molar-refractivity contribution is 5.64. The molecule has 0 amide bonds. The van der Waals surface area contributed by atoms with Crippen molar-refractivity contribution in [2.45, 2.75) is 25.3 Å². The van der Waals surface area contributed by atoms with Gasteiger partial charge in [-0.2, -0.15) is 0 Å². The molecule has 4 nitrogen and oxygen atoms in total. The summed E-state index contributed by atoms with van der Waals surface area (Å²) < 4.78 is 5.81. The maximum atomic E-state index is 8.95. The van der Waals surface area contributed by atoms with Crippen LogP contribution in [0.4, 0.5) is 0 Å². The lowest BCUT2D eigenvalue weighted by Crippen LogP contribution is -2.46. The number of aliphatic hydroxyl groups excluding tert-OH is 1. The number of hydrogen-bond acceptors (Lipinski definition) is 4. The average Bonchev–Trinajstić information content (AvgIpc) is 2.52. The smallest absolute Gasteiger partial charge is 0.138 e. The Morgan fingerprint density at radius 1 is 1.23 bits per heavy atom. The van der Waals surface area contributed by atoms with E-state index in [0.29, 0.717) is 12.6 Å². The molecule has 1 unspecified atom stereocenters. The predicted octanol–water partition coefficient (Wildman–Crippen LogP) is 2.41. The topological polar surface area (TPSA) is 54.4 Å². The summed E-state index contributed by atoms with van der Waals surface area (Å²) in [6.45, 7) is 2.01. The molecule has 1 aliphatic heterocycles. The molecule has 116 valence electrons. The van der Waals surface area contributed by atoms with Gasteiger partial charge in [0.25, 0.3) is 0 Å². The number of nitrogens with one attached hydrogen (secondary N) is 1. The van der Waals surface area contributed by atoms with Crippen molar-refractivity contribution in [2.75, 3.05) is 19.8 Å². The van der Waals surface area contributed by atoms with Crippen LogP contribution in [0.3, 0.4) is 0 Å². The molecule has 4 heteroatoms. The zero-order valence-electron chi connectivity index (χ0n) is 12.7. The van der Waals surface area contributed by atoms with Crippen molar-refractivity contribution < 1.29 is 9.84 Å². The van der Waals surface area contributed by atoms with Gasteiger partial charge in [-0.3, -0.25) is 4.98 Å². The van der Waals surface area contributed by atoms with E-state index in [4.69, 9.17) is 9.84 Å². The Kier molecular flexibility index (Phi) is 5.03. The van der Waals surface area contributed by atoms with Crippen LogP contribution in [0, 0.1) is 0 Å². The van der Waals surface area contributed by atoms with Gasteiger partial charge in [-0.15, -0.1) is 0 Å². The molecule has 2 heterocycles. The van der Waals surface area contributed by atoms with Gasteiger partial charge in [0.2, 0.25) is 0 Å². The Balaban J connectivity index is 1.70. The number of ether oxygens (including phenoxy) is 1. The van der Waals surface area contributed by atoms with Crippen LogP contribution in [-0.4, -0.2) is 35.9 Å². The van der Waals surface area contributed by atoms with E-state index in [0.717, 1.165) is 36.3 Å². The van der Waals surface area contributed by atoms with Crippen molar-refractivity contribution in [1.29, 1.82) is 0 Å². The van der Waals surface area contributed by atoms with Gasteiger partial charge in [0, 0.05) is 24.4 Å². The highest BCUT2D eigenvalue weighted by Crippen LogP contribution is 2.24. The molecule has 1 atom stereocenters. The molecular formula is C18H22N2O2. The summed E-state index contributed by atoms with van der Waals surface area (Å²) in [5, 5.41) is 12.3. The number of aliphatic hydroxyl groups is 1. The van der Waals surface area contributed by atoms with Crippen LogP contribution in [0.5, 0.6) is 5.75 Å². The second-order valence-electron chi connectivity index (χ2n) is 5.69. The molecule has 3 rings (SSSR count). The molecule has 0 bridgehead atoms. The van der Waals surface area contributed by atoms with Crippen molar-refractivity contribution in [3.05, 3.63) is 48.3 Å². The lowest BCUT2D eigenvalue weighted by atomic mass is 10.0. The minimum absolute atomic E-state index is 0.226. The maximum Gasteiger partial charge on any atom is 0.138 e. The normalized spacial score (nSPS) is 17.0. The molecule has 1 aromatic heterocycles. The first-order valence-corrected chi connectivity index (χ1v) is 7.86. The third kappa shape index (κ3) is 3.84. The van der Waals surface area contributed by atoms with Gasteiger partial charge in [0.15, 0.2) is 0 Å². The fourth-order valence-corrected chi connectivity index (χ4v) is 2.53. The number of aryl methyl sites for hydroxylation is 1. The van der Waals surface area contributed by atoms with Gasteiger partial charge in [-0.25, -0.2) is 0 Å². The molecule has 0 radical (unpaired) electrons. The van der Waals surface area contributed by atoms with Gasteiger partial charge < -0.3 is 15.2 Å². The highest BCUT2D eigenvalue weighted by atomic mass is 16.5. The fraction of sp³-hybridized carbons (Fsp3) is 0.389. The monoisotopic (exact) mass is 298 g/mol. The lowest BCUT2D eigenvalue weighted by molar-refractivity contribution is 0.217. The number of benzene rings is 1. The molecule has 22 heavy (non-hydrogen) atoms. The van der Waals surface area contributed by atoms with Crippen LogP contribution < -0.4 is 10.1 Å². The fourth-order valence-electron chi connectivity index (χ4n) is 2.53. The second-order valence-corrected chi connectivity index (χ2v) is 5.69. The first kappa shape index (κ1) is 15.0. The molecule has 0 saturated carbocycles. The van der Waals surface area contributed by atoms with E-state index in [1.807, 2.05) is 18.3 Å². The largest absolute Gasteiger partial charge is 0.490 e. The summed E-state index contributed by atoms with van der Waals surface area (Å²) >= 11 is 0. The highest BCUT2D eigenvalue weighted by Gasteiger charge is 2.16. The summed E-state index contributed by atoms with van der Waals surface area (Å²) in [5.41, 5.74) is 3.43. The Morgan fingerprint density at radius 3 is 2.91 bits per heavy atom. The standard InChI is InChI=1S/C18H22N2O2/c21-8-2-4-14-3-1-5-15(9-14)16-10-18(12-19-11-16)22-13-17-6-7-20-17/h1,3,5,9-12,17,20-21H,2,4,6-8,13H2. The number of hydrogen-bond donors (Lipinski definition) is 2. The quantitative estimate of drug-likeness (QED) is 0.824. The van der Waals surface area contributed by atoms with Crippen LogP contribution >= 0.6 is 0 Å². The third-order valence-electron chi connectivity index (χ3n) is 3.97. The molecule has 0 spiro atoms.